The van der Waals surface area contributed by atoms with E-state index in [-0.39, 0.29) is 37.5 Å². The molecule has 1 N–H and O–H groups in total. The van der Waals surface area contributed by atoms with Crippen molar-refractivity contribution in [1.29, 1.82) is 0 Å². The second-order valence-electron chi connectivity index (χ2n) is 6.36. The van der Waals surface area contributed by atoms with Crippen LogP contribution in [-0.2, 0) is 14.3 Å². The van der Waals surface area contributed by atoms with Gasteiger partial charge in [0.15, 0.2) is 0 Å². The Morgan fingerprint density at radius 1 is 1.00 bits per heavy atom. The van der Waals surface area contributed by atoms with Gasteiger partial charge in [-0.1, -0.05) is 67.6 Å². The molecule has 0 aliphatic rings. The van der Waals surface area contributed by atoms with Gasteiger partial charge in [0.1, 0.15) is 0 Å². The summed E-state index contributed by atoms with van der Waals surface area (Å²) in [6, 6.07) is 18.8. The topological polar surface area (TPSA) is 66.8 Å². The number of ether oxygens (including phenoxy) is 1. The van der Waals surface area contributed by atoms with Crippen molar-refractivity contribution in [1.82, 2.24) is 4.90 Å². The average Bonchev–Trinajstić information content (AvgIpc) is 2.72. The van der Waals surface area contributed by atoms with E-state index in [1.807, 2.05) is 67.6 Å². The lowest BCUT2D eigenvalue weighted by Gasteiger charge is -2.33. The molecular weight excluding hydrogens is 342 g/mol. The van der Waals surface area contributed by atoms with Crippen LogP contribution in [0, 0.1) is 0 Å². The number of aliphatic hydroxyl groups is 1. The molecule has 1 unspecified atom stereocenters. The first-order valence-corrected chi connectivity index (χ1v) is 9.20. The van der Waals surface area contributed by atoms with Crippen LogP contribution in [0.4, 0.5) is 0 Å². The SMILES string of the molecule is CCC(CO)N(CCC(=O)OC)C(=O)C(c1ccccc1)c1ccccc1. The first-order valence-electron chi connectivity index (χ1n) is 9.20. The number of benzene rings is 2. The Balaban J connectivity index is 2.40. The smallest absolute Gasteiger partial charge is 0.307 e. The fraction of sp³-hybridized carbons (Fsp3) is 0.364. The third-order valence-electron chi connectivity index (χ3n) is 4.70. The zero-order chi connectivity index (χ0) is 19.6. The summed E-state index contributed by atoms with van der Waals surface area (Å²) in [7, 11) is 1.33. The summed E-state index contributed by atoms with van der Waals surface area (Å²) >= 11 is 0. The number of hydrogen-bond acceptors (Lipinski definition) is 4. The fourth-order valence-electron chi connectivity index (χ4n) is 3.17. The predicted molar refractivity (Wildman–Crippen MR) is 104 cm³/mol. The lowest BCUT2D eigenvalue weighted by Crippen LogP contribution is -2.45. The van der Waals surface area contributed by atoms with E-state index in [1.54, 1.807) is 4.90 Å². The highest BCUT2D eigenvalue weighted by Gasteiger charge is 2.31. The Morgan fingerprint density at radius 3 is 1.93 bits per heavy atom. The van der Waals surface area contributed by atoms with E-state index in [9.17, 15) is 14.7 Å². The molecule has 0 radical (unpaired) electrons. The molecule has 2 rings (SSSR count). The van der Waals surface area contributed by atoms with Crippen molar-refractivity contribution in [3.63, 3.8) is 0 Å². The van der Waals surface area contributed by atoms with Gasteiger partial charge in [-0.2, -0.15) is 0 Å². The van der Waals surface area contributed by atoms with Crippen LogP contribution in [0.1, 0.15) is 36.8 Å². The number of rotatable bonds is 9. The molecule has 0 aliphatic heterocycles. The van der Waals surface area contributed by atoms with Crippen molar-refractivity contribution < 1.29 is 19.4 Å². The maximum Gasteiger partial charge on any atom is 0.307 e. The quantitative estimate of drug-likeness (QED) is 0.690. The second-order valence-corrected chi connectivity index (χ2v) is 6.36. The third-order valence-corrected chi connectivity index (χ3v) is 4.70. The molecule has 5 heteroatoms. The van der Waals surface area contributed by atoms with Crippen molar-refractivity contribution in [2.24, 2.45) is 0 Å². The number of methoxy groups -OCH3 is 1. The Bertz CT molecular complexity index is 674. The molecule has 0 aromatic heterocycles. The molecule has 5 nitrogen and oxygen atoms in total. The van der Waals surface area contributed by atoms with Crippen LogP contribution in [0.3, 0.4) is 0 Å². The molecule has 1 amide bonds. The van der Waals surface area contributed by atoms with E-state index in [0.29, 0.717) is 6.42 Å². The molecule has 2 aromatic rings. The average molecular weight is 369 g/mol. The third kappa shape index (κ3) is 5.41. The number of hydrogen-bond donors (Lipinski definition) is 1. The van der Waals surface area contributed by atoms with Crippen molar-refractivity contribution in [3.05, 3.63) is 71.8 Å². The predicted octanol–water partition coefficient (Wildman–Crippen LogP) is 2.98. The molecule has 2 aromatic carbocycles. The normalized spacial score (nSPS) is 11.9. The van der Waals surface area contributed by atoms with Gasteiger partial charge in [-0.25, -0.2) is 0 Å². The van der Waals surface area contributed by atoms with Gasteiger partial charge >= 0.3 is 5.97 Å². The molecule has 0 fully saturated rings. The largest absolute Gasteiger partial charge is 0.469 e. The van der Waals surface area contributed by atoms with Crippen molar-refractivity contribution >= 4 is 11.9 Å². The first kappa shape index (κ1) is 20.6. The number of esters is 1. The van der Waals surface area contributed by atoms with Crippen LogP contribution in [-0.4, -0.2) is 48.2 Å². The Hall–Kier alpha value is -2.66. The van der Waals surface area contributed by atoms with E-state index in [2.05, 4.69) is 0 Å². The van der Waals surface area contributed by atoms with Gasteiger partial charge in [0.2, 0.25) is 5.91 Å². The number of carbonyl (C=O) groups is 2. The van der Waals surface area contributed by atoms with Crippen LogP contribution >= 0.6 is 0 Å². The molecule has 0 saturated carbocycles. The zero-order valence-electron chi connectivity index (χ0n) is 15.9. The van der Waals surface area contributed by atoms with Crippen LogP contribution in [0.2, 0.25) is 0 Å². The number of carbonyl (C=O) groups excluding carboxylic acids is 2. The minimum absolute atomic E-state index is 0.0923. The van der Waals surface area contributed by atoms with Gasteiger partial charge in [0, 0.05) is 6.54 Å². The Morgan fingerprint density at radius 2 is 1.52 bits per heavy atom. The van der Waals surface area contributed by atoms with Gasteiger partial charge in [-0.05, 0) is 17.5 Å². The summed E-state index contributed by atoms with van der Waals surface area (Å²) in [5, 5.41) is 9.78. The fourth-order valence-corrected chi connectivity index (χ4v) is 3.17. The molecule has 0 bridgehead atoms. The molecule has 27 heavy (non-hydrogen) atoms. The summed E-state index contributed by atoms with van der Waals surface area (Å²) in [5.41, 5.74) is 1.76. The summed E-state index contributed by atoms with van der Waals surface area (Å²) in [5.74, 6) is -1.00. The summed E-state index contributed by atoms with van der Waals surface area (Å²) in [6.07, 6.45) is 0.689. The standard InChI is InChI=1S/C22H27NO4/c1-3-19(16-24)23(15-14-20(25)27-2)22(26)21(17-10-6-4-7-11-17)18-12-8-5-9-13-18/h4-13,19,21,24H,3,14-16H2,1-2H3. The zero-order valence-corrected chi connectivity index (χ0v) is 15.9. The van der Waals surface area contributed by atoms with E-state index in [0.717, 1.165) is 11.1 Å². The lowest BCUT2D eigenvalue weighted by atomic mass is 9.89. The minimum atomic E-state index is -0.495. The number of aliphatic hydroxyl groups excluding tert-OH is 1. The van der Waals surface area contributed by atoms with E-state index in [4.69, 9.17) is 4.74 Å². The molecule has 144 valence electrons. The Labute approximate surface area is 160 Å². The van der Waals surface area contributed by atoms with Crippen LogP contribution in [0.5, 0.6) is 0 Å². The van der Waals surface area contributed by atoms with Crippen molar-refractivity contribution in [2.75, 3.05) is 20.3 Å². The summed E-state index contributed by atoms with van der Waals surface area (Å²) in [4.78, 5) is 26.8. The first-order chi connectivity index (χ1) is 13.1. The van der Waals surface area contributed by atoms with Gasteiger partial charge in [0.25, 0.3) is 0 Å². The maximum absolute atomic E-state index is 13.6. The van der Waals surface area contributed by atoms with Gasteiger partial charge in [-0.3, -0.25) is 9.59 Å². The highest BCUT2D eigenvalue weighted by Crippen LogP contribution is 2.28. The van der Waals surface area contributed by atoms with Gasteiger partial charge in [0.05, 0.1) is 32.1 Å². The highest BCUT2D eigenvalue weighted by atomic mass is 16.5. The second kappa shape index (κ2) is 10.5. The van der Waals surface area contributed by atoms with E-state index in [1.165, 1.54) is 7.11 Å². The molecule has 0 heterocycles. The molecule has 0 saturated heterocycles. The molecule has 1 atom stereocenters. The van der Waals surface area contributed by atoms with Crippen LogP contribution in [0.15, 0.2) is 60.7 Å². The molecular formula is C22H27NO4. The highest BCUT2D eigenvalue weighted by molar-refractivity contribution is 5.88. The van der Waals surface area contributed by atoms with Crippen LogP contribution < -0.4 is 0 Å². The maximum atomic E-state index is 13.6. The Kier molecular flexibility index (Phi) is 8.01. The van der Waals surface area contributed by atoms with Crippen molar-refractivity contribution in [3.8, 4) is 0 Å². The van der Waals surface area contributed by atoms with Gasteiger partial charge in [-0.15, -0.1) is 0 Å². The summed E-state index contributed by atoms with van der Waals surface area (Å²) < 4.78 is 4.72. The number of nitrogens with zero attached hydrogens (tertiary/aromatic N) is 1. The monoisotopic (exact) mass is 369 g/mol. The molecule has 0 aliphatic carbocycles. The lowest BCUT2D eigenvalue weighted by molar-refractivity contribution is -0.142. The van der Waals surface area contributed by atoms with E-state index >= 15 is 0 Å². The van der Waals surface area contributed by atoms with Crippen molar-refractivity contribution in [2.45, 2.75) is 31.7 Å². The van der Waals surface area contributed by atoms with Crippen LogP contribution in [0.25, 0.3) is 0 Å². The minimum Gasteiger partial charge on any atom is -0.469 e. The number of amides is 1. The van der Waals surface area contributed by atoms with E-state index < -0.39 is 5.92 Å². The summed E-state index contributed by atoms with van der Waals surface area (Å²) in [6.45, 7) is 1.97. The molecule has 0 spiro atoms. The van der Waals surface area contributed by atoms with Gasteiger partial charge < -0.3 is 14.7 Å².